The smallest absolute Gasteiger partial charge is 0.348 e. The first-order valence-corrected chi connectivity index (χ1v) is 27.7. The van der Waals surface area contributed by atoms with Crippen molar-refractivity contribution in [1.82, 2.24) is 29.7 Å². The monoisotopic (exact) mass is 1100 g/mol. The molecule has 404 valence electrons. The lowest BCUT2D eigenvalue weighted by Crippen LogP contribution is -2.49. The summed E-state index contributed by atoms with van der Waals surface area (Å²) >= 11 is 16.2. The lowest BCUT2D eigenvalue weighted by Gasteiger charge is -2.35. The van der Waals surface area contributed by atoms with Gasteiger partial charge in [-0.3, -0.25) is 4.90 Å². The minimum absolute atomic E-state index is 0.0112. The molecular weight excluding hydrogens is 1030 g/mol. The number of rotatable bonds is 11. The standard InChI is InChI=1S/C57H65Cl2FN6O9S/c1-33-46-34(2)50(59)51(49(33)58)73-42(27-66-21-19-65(6)20-22-66)30-71-41-15-16-44(72-28-39-17-18-61-53(64-39)36-9-13-40(14-10-36)70-31-43-29-68-23-24-69-43)37(25-41)26-45(56(67)75-57(3,4)5)74-54-48-47(46)52(76-55(48)63-32-62-54)35-7-11-38(60)12-8-35/h7-8,11-12,15-18,25,32,36,40,42-43,45H,9-10,13-14,19-24,26-31H2,1-6H3/t36?,40?,42-,43?,45-/m1/s1. The first-order chi connectivity index (χ1) is 36.6. The molecule has 1 unspecified atom stereocenters. The fraction of sp³-hybridized carbons (Fsp3) is 0.491. The molecule has 0 N–H and O–H groups in total. The topological polar surface area (TPSA) is 149 Å². The van der Waals surface area contributed by atoms with Gasteiger partial charge in [-0.05, 0) is 126 Å². The third kappa shape index (κ3) is 12.7. The minimum Gasteiger partial charge on any atom is -0.490 e. The minimum atomic E-state index is -1.26. The van der Waals surface area contributed by atoms with Crippen molar-refractivity contribution in [1.29, 1.82) is 0 Å². The van der Waals surface area contributed by atoms with Gasteiger partial charge >= 0.3 is 5.97 Å². The van der Waals surface area contributed by atoms with Gasteiger partial charge in [-0.2, -0.15) is 0 Å². The summed E-state index contributed by atoms with van der Waals surface area (Å²) in [5.74, 6) is 1.42. The summed E-state index contributed by atoms with van der Waals surface area (Å²) in [6.45, 7) is 15.9. The van der Waals surface area contributed by atoms with Crippen LogP contribution in [0, 0.1) is 19.7 Å². The van der Waals surface area contributed by atoms with Gasteiger partial charge in [-0.1, -0.05) is 35.3 Å². The first-order valence-electron chi connectivity index (χ1n) is 26.1. The van der Waals surface area contributed by atoms with Crippen LogP contribution in [0.1, 0.15) is 80.6 Å². The maximum atomic E-state index is 14.6. The molecule has 19 heteroatoms. The van der Waals surface area contributed by atoms with Crippen molar-refractivity contribution in [3.8, 4) is 44.7 Å². The van der Waals surface area contributed by atoms with E-state index in [1.54, 1.807) is 18.3 Å². The Morgan fingerprint density at radius 2 is 1.64 bits per heavy atom. The van der Waals surface area contributed by atoms with Crippen LogP contribution in [0.3, 0.4) is 0 Å². The number of hydrogen-bond donors (Lipinski definition) is 0. The van der Waals surface area contributed by atoms with E-state index in [0.29, 0.717) is 104 Å². The predicted octanol–water partition coefficient (Wildman–Crippen LogP) is 10.6. The number of halogens is 3. The van der Waals surface area contributed by atoms with Gasteiger partial charge < -0.3 is 42.8 Å². The Morgan fingerprint density at radius 1 is 0.882 bits per heavy atom. The summed E-state index contributed by atoms with van der Waals surface area (Å²) in [5.41, 5.74) is 3.89. The molecule has 0 spiro atoms. The molecule has 3 aromatic heterocycles. The average molecular weight is 1100 g/mol. The molecule has 2 saturated heterocycles. The van der Waals surface area contributed by atoms with E-state index in [1.807, 2.05) is 58.9 Å². The summed E-state index contributed by atoms with van der Waals surface area (Å²) in [6.07, 6.45) is 5.14. The quantitative estimate of drug-likeness (QED) is 0.113. The van der Waals surface area contributed by atoms with Crippen LogP contribution < -0.4 is 18.9 Å². The Kier molecular flexibility index (Phi) is 16.9. The summed E-state index contributed by atoms with van der Waals surface area (Å²) < 4.78 is 65.4. The summed E-state index contributed by atoms with van der Waals surface area (Å²) in [4.78, 5) is 39.8. The van der Waals surface area contributed by atoms with Gasteiger partial charge in [0.2, 0.25) is 12.0 Å². The van der Waals surface area contributed by atoms with Crippen LogP contribution in [-0.4, -0.2) is 139 Å². The summed E-state index contributed by atoms with van der Waals surface area (Å²) in [6, 6.07) is 13.7. The molecule has 3 fully saturated rings. The molecule has 5 aliphatic rings. The van der Waals surface area contributed by atoms with Crippen molar-refractivity contribution in [3.63, 3.8) is 0 Å². The van der Waals surface area contributed by atoms with Crippen molar-refractivity contribution in [2.24, 2.45) is 0 Å². The third-order valence-corrected chi connectivity index (χ3v) is 16.4. The zero-order chi connectivity index (χ0) is 53.1. The van der Waals surface area contributed by atoms with E-state index in [9.17, 15) is 9.18 Å². The van der Waals surface area contributed by atoms with Crippen LogP contribution in [0.5, 0.6) is 23.1 Å². The van der Waals surface area contributed by atoms with Crippen molar-refractivity contribution < 1.29 is 47.1 Å². The van der Waals surface area contributed by atoms with E-state index in [-0.39, 0.29) is 49.5 Å². The van der Waals surface area contributed by atoms with Crippen LogP contribution >= 0.6 is 34.5 Å². The maximum Gasteiger partial charge on any atom is 0.348 e. The predicted molar refractivity (Wildman–Crippen MR) is 290 cm³/mol. The second-order valence-corrected chi connectivity index (χ2v) is 22.8. The van der Waals surface area contributed by atoms with Crippen LogP contribution in [0.25, 0.3) is 31.8 Å². The number of aromatic nitrogens is 4. The van der Waals surface area contributed by atoms with Crippen molar-refractivity contribution in [3.05, 3.63) is 105 Å². The number of likely N-dealkylation sites (N-methyl/N-ethyl adjacent to an activating group) is 1. The van der Waals surface area contributed by atoms with Gasteiger partial charge in [0.05, 0.1) is 53.7 Å². The molecule has 1 aliphatic carbocycles. The highest BCUT2D eigenvalue weighted by atomic mass is 35.5. The molecule has 15 nitrogen and oxygen atoms in total. The SMILES string of the molecule is Cc1c(Cl)c2c(Cl)c(C)c1-c1c(-c3ccc(F)cc3)sc3ncnc(c13)O[C@@H](C(=O)OC(C)(C)C)Cc1cc(ccc1OCc1ccnc(C3CCC(OCC4COCCO4)CC3)n1)OC[C@@H](CN1CCN(C)CC1)O2. The number of piperazine rings is 1. The highest BCUT2D eigenvalue weighted by Crippen LogP contribution is 2.53. The van der Waals surface area contributed by atoms with Crippen LogP contribution in [0.2, 0.25) is 10.0 Å². The number of hydrogen-bond acceptors (Lipinski definition) is 16. The number of carbonyl (C=O) groups is 1. The van der Waals surface area contributed by atoms with E-state index >= 15 is 0 Å². The Morgan fingerprint density at radius 3 is 2.37 bits per heavy atom. The lowest BCUT2D eigenvalue weighted by atomic mass is 9.86. The molecule has 3 atom stereocenters. The highest BCUT2D eigenvalue weighted by molar-refractivity contribution is 7.22. The largest absolute Gasteiger partial charge is 0.490 e. The van der Waals surface area contributed by atoms with Crippen molar-refractivity contribution in [2.75, 3.05) is 72.8 Å². The molecule has 11 rings (SSSR count). The number of esters is 1. The average Bonchev–Trinajstić information content (AvgIpc) is 3.84. The van der Waals surface area contributed by atoms with E-state index < -0.39 is 23.8 Å². The molecule has 76 heavy (non-hydrogen) atoms. The lowest BCUT2D eigenvalue weighted by molar-refractivity contribution is -0.163. The molecule has 3 aromatic carbocycles. The normalized spacial score (nSPS) is 21.8. The van der Waals surface area contributed by atoms with Gasteiger partial charge in [0.25, 0.3) is 0 Å². The van der Waals surface area contributed by atoms with Gasteiger partial charge in [0, 0.05) is 67.3 Å². The molecule has 4 aliphatic heterocycles. The van der Waals surface area contributed by atoms with Gasteiger partial charge in [0.15, 0.2) is 5.75 Å². The summed E-state index contributed by atoms with van der Waals surface area (Å²) in [5, 5.41) is 1.16. The Balaban J connectivity index is 1.02. The van der Waals surface area contributed by atoms with Crippen molar-refractivity contribution >= 4 is 50.7 Å². The zero-order valence-electron chi connectivity index (χ0n) is 43.9. The fourth-order valence-corrected chi connectivity index (χ4v) is 11.9. The van der Waals surface area contributed by atoms with Crippen LogP contribution in [0.15, 0.2) is 61.1 Å². The maximum absolute atomic E-state index is 14.6. The Hall–Kier alpha value is -5.24. The number of carbonyl (C=O) groups excluding carboxylic acids is 1. The van der Waals surface area contributed by atoms with Crippen LogP contribution in [-0.2, 0) is 36.8 Å². The number of benzene rings is 3. The Bertz CT molecular complexity index is 2980. The number of thiophene rings is 1. The number of ether oxygens (including phenoxy) is 8. The van der Waals surface area contributed by atoms with E-state index in [0.717, 1.165) is 68.1 Å². The molecular formula is C57H65Cl2FN6O9S. The Labute approximate surface area is 457 Å². The zero-order valence-corrected chi connectivity index (χ0v) is 46.2. The highest BCUT2D eigenvalue weighted by Gasteiger charge is 2.34. The van der Waals surface area contributed by atoms with Gasteiger partial charge in [0.1, 0.15) is 65.3 Å². The van der Waals surface area contributed by atoms with Gasteiger partial charge in [-0.25, -0.2) is 29.1 Å². The van der Waals surface area contributed by atoms with E-state index in [4.69, 9.17) is 81.0 Å². The first kappa shape index (κ1) is 54.1. The molecule has 4 bridgehead atoms. The molecule has 6 aromatic rings. The van der Waals surface area contributed by atoms with Gasteiger partial charge in [-0.15, -0.1) is 11.3 Å². The van der Waals surface area contributed by atoms with Crippen LogP contribution in [0.4, 0.5) is 4.39 Å². The molecule has 1 saturated carbocycles. The molecule has 0 radical (unpaired) electrons. The molecule has 7 heterocycles. The second-order valence-electron chi connectivity index (χ2n) is 21.1. The summed E-state index contributed by atoms with van der Waals surface area (Å²) in [7, 11) is 2.12. The number of nitrogens with zero attached hydrogens (tertiary/aromatic N) is 6. The molecule has 0 amide bonds. The number of fused-ring (bicyclic) bond motifs is 7. The fourth-order valence-electron chi connectivity index (χ4n) is 10.3. The third-order valence-electron chi connectivity index (χ3n) is 14.3. The van der Waals surface area contributed by atoms with Crippen molar-refractivity contribution in [2.45, 2.75) is 109 Å². The van der Waals surface area contributed by atoms with E-state index in [1.165, 1.54) is 29.8 Å². The van der Waals surface area contributed by atoms with E-state index in [2.05, 4.69) is 16.8 Å². The second kappa shape index (κ2) is 23.8.